The van der Waals surface area contributed by atoms with Gasteiger partial charge in [-0.05, 0) is 37.3 Å². The summed E-state index contributed by atoms with van der Waals surface area (Å²) in [6.45, 7) is 2.22. The second kappa shape index (κ2) is 8.62. The second-order valence-electron chi connectivity index (χ2n) is 6.03. The van der Waals surface area contributed by atoms with Crippen LogP contribution in [-0.4, -0.2) is 39.4 Å². The molecule has 0 saturated carbocycles. The van der Waals surface area contributed by atoms with Crippen molar-refractivity contribution >= 4 is 38.8 Å². The van der Waals surface area contributed by atoms with Gasteiger partial charge in [-0.2, -0.15) is 0 Å². The van der Waals surface area contributed by atoms with Crippen LogP contribution in [0, 0.1) is 0 Å². The van der Waals surface area contributed by atoms with Crippen molar-refractivity contribution in [1.29, 1.82) is 0 Å². The molecule has 1 heterocycles. The summed E-state index contributed by atoms with van der Waals surface area (Å²) in [5, 5.41) is 7.12. The molecule has 28 heavy (non-hydrogen) atoms. The third-order valence-corrected chi connectivity index (χ3v) is 6.10. The number of rotatable bonds is 7. The largest absolute Gasteiger partial charge is 0.461 e. The van der Waals surface area contributed by atoms with E-state index < -0.39 is 21.9 Å². The van der Waals surface area contributed by atoms with Gasteiger partial charge >= 0.3 is 5.97 Å². The number of hydrogen-bond donors (Lipinski definition) is 1. The van der Waals surface area contributed by atoms with E-state index in [1.807, 2.05) is 0 Å². The number of halogens is 1. The molecule has 1 N–H and O–H groups in total. The van der Waals surface area contributed by atoms with Crippen LogP contribution in [0.1, 0.15) is 13.3 Å². The van der Waals surface area contributed by atoms with Gasteiger partial charge in [-0.3, -0.25) is 0 Å². The normalized spacial score (nSPS) is 16.2. The lowest BCUT2D eigenvalue weighted by Gasteiger charge is -2.15. The Morgan fingerprint density at radius 3 is 2.75 bits per heavy atom. The maximum Gasteiger partial charge on any atom is 0.356 e. The molecule has 9 heteroatoms. The Hall–Kier alpha value is -2.58. The van der Waals surface area contributed by atoms with Crippen molar-refractivity contribution in [2.24, 2.45) is 5.16 Å². The first-order valence-corrected chi connectivity index (χ1v) is 10.5. The molecule has 1 aliphatic heterocycles. The Kier molecular flexibility index (Phi) is 6.21. The van der Waals surface area contributed by atoms with Crippen LogP contribution in [0.2, 0.25) is 5.02 Å². The zero-order valence-electron chi connectivity index (χ0n) is 15.1. The lowest BCUT2D eigenvalue weighted by molar-refractivity contribution is -0.135. The van der Waals surface area contributed by atoms with Gasteiger partial charge in [-0.15, -0.1) is 0 Å². The Morgan fingerprint density at radius 2 is 2.04 bits per heavy atom. The smallest absolute Gasteiger partial charge is 0.356 e. The number of hydrogen-bond acceptors (Lipinski definition) is 7. The van der Waals surface area contributed by atoms with Crippen molar-refractivity contribution in [2.75, 3.05) is 18.5 Å². The van der Waals surface area contributed by atoms with E-state index in [2.05, 4.69) is 10.5 Å². The van der Waals surface area contributed by atoms with Crippen molar-refractivity contribution < 1.29 is 22.8 Å². The van der Waals surface area contributed by atoms with Gasteiger partial charge in [-0.1, -0.05) is 35.0 Å². The molecule has 1 aliphatic rings. The fraction of sp³-hybridized carbons (Fsp3) is 0.263. The minimum absolute atomic E-state index is 0.0655. The molecule has 0 spiro atoms. The number of esters is 1. The highest BCUT2D eigenvalue weighted by molar-refractivity contribution is 7.91. The number of carbonyl (C=O) groups excluding carboxylic acids is 1. The van der Waals surface area contributed by atoms with Crippen LogP contribution < -0.4 is 5.32 Å². The number of sulfone groups is 1. The van der Waals surface area contributed by atoms with Crippen LogP contribution in [0.25, 0.3) is 0 Å². The van der Waals surface area contributed by atoms with Gasteiger partial charge in [0.1, 0.15) is 0 Å². The minimum Gasteiger partial charge on any atom is -0.461 e. The van der Waals surface area contributed by atoms with Crippen molar-refractivity contribution in [1.82, 2.24) is 0 Å². The standard InChI is InChI=1S/C19H19ClN2O5S/c1-2-26-19(23)17-11-14(27-22-17)12-21-16-9-8-13(20)10-18(16)28(24,25)15-6-4-3-5-7-15/h3-10,14,21H,2,11-12H2,1H3. The van der Waals surface area contributed by atoms with Gasteiger partial charge < -0.3 is 14.9 Å². The average Bonchev–Trinajstić information content (AvgIpc) is 3.17. The molecule has 0 bridgehead atoms. The summed E-state index contributed by atoms with van der Waals surface area (Å²) >= 11 is 6.03. The molecule has 148 valence electrons. The number of carbonyl (C=O) groups is 1. The van der Waals surface area contributed by atoms with Gasteiger partial charge in [0.05, 0.1) is 28.6 Å². The van der Waals surface area contributed by atoms with Crippen molar-refractivity contribution in [3.63, 3.8) is 0 Å². The van der Waals surface area contributed by atoms with E-state index in [1.54, 1.807) is 37.3 Å². The van der Waals surface area contributed by atoms with E-state index in [1.165, 1.54) is 18.2 Å². The number of nitrogens with zero attached hydrogens (tertiary/aromatic N) is 1. The highest BCUT2D eigenvalue weighted by Crippen LogP contribution is 2.30. The van der Waals surface area contributed by atoms with Crippen molar-refractivity contribution in [2.45, 2.75) is 29.2 Å². The molecule has 2 aromatic carbocycles. The molecular formula is C19H19ClN2O5S. The highest BCUT2D eigenvalue weighted by atomic mass is 35.5. The van der Waals surface area contributed by atoms with Gasteiger partial charge in [0.2, 0.25) is 9.84 Å². The molecule has 2 aromatic rings. The molecule has 0 aliphatic carbocycles. The lowest BCUT2D eigenvalue weighted by atomic mass is 10.2. The van der Waals surface area contributed by atoms with Crippen LogP contribution in [0.15, 0.2) is 63.5 Å². The third kappa shape index (κ3) is 4.45. The first kappa shape index (κ1) is 20.2. The van der Waals surface area contributed by atoms with E-state index in [0.717, 1.165) is 0 Å². The lowest BCUT2D eigenvalue weighted by Crippen LogP contribution is -2.23. The van der Waals surface area contributed by atoms with Crippen LogP contribution in [-0.2, 0) is 24.2 Å². The minimum atomic E-state index is -3.76. The molecule has 3 rings (SSSR count). The van der Waals surface area contributed by atoms with E-state index in [9.17, 15) is 13.2 Å². The van der Waals surface area contributed by atoms with Gasteiger partial charge in [-0.25, -0.2) is 13.2 Å². The van der Waals surface area contributed by atoms with Gasteiger partial charge in [0, 0.05) is 11.4 Å². The first-order valence-electron chi connectivity index (χ1n) is 8.65. The van der Waals surface area contributed by atoms with Crippen LogP contribution in [0.5, 0.6) is 0 Å². The number of nitrogens with one attached hydrogen (secondary N) is 1. The van der Waals surface area contributed by atoms with Crippen LogP contribution >= 0.6 is 11.6 Å². The predicted molar refractivity (Wildman–Crippen MR) is 105 cm³/mol. The Balaban J connectivity index is 1.75. The molecule has 1 unspecified atom stereocenters. The first-order chi connectivity index (χ1) is 13.4. The quantitative estimate of drug-likeness (QED) is 0.688. The summed E-state index contributed by atoms with van der Waals surface area (Å²) in [6.07, 6.45) is -0.137. The molecule has 7 nitrogen and oxygen atoms in total. The summed E-state index contributed by atoms with van der Waals surface area (Å²) in [4.78, 5) is 17.2. The van der Waals surface area contributed by atoms with Crippen LogP contribution in [0.3, 0.4) is 0 Å². The molecule has 0 amide bonds. The number of benzene rings is 2. The SMILES string of the molecule is CCOC(=O)C1=NOC(CNc2ccc(Cl)cc2S(=O)(=O)c2ccccc2)C1. The Labute approximate surface area is 168 Å². The number of ether oxygens (including phenoxy) is 1. The maximum atomic E-state index is 13.0. The summed E-state index contributed by atoms with van der Waals surface area (Å²) in [6, 6.07) is 12.7. The summed E-state index contributed by atoms with van der Waals surface area (Å²) in [5.74, 6) is -0.510. The molecule has 0 fully saturated rings. The fourth-order valence-electron chi connectivity index (χ4n) is 2.69. The predicted octanol–water partition coefficient (Wildman–Crippen LogP) is 3.29. The summed E-state index contributed by atoms with van der Waals surface area (Å²) in [7, 11) is -3.76. The molecular weight excluding hydrogens is 404 g/mol. The zero-order valence-corrected chi connectivity index (χ0v) is 16.7. The van der Waals surface area contributed by atoms with Crippen molar-refractivity contribution in [3.05, 3.63) is 53.6 Å². The van der Waals surface area contributed by atoms with E-state index >= 15 is 0 Å². The molecule has 0 saturated heterocycles. The molecule has 0 aromatic heterocycles. The topological polar surface area (TPSA) is 94.1 Å². The van der Waals surface area contributed by atoms with Crippen molar-refractivity contribution in [3.8, 4) is 0 Å². The molecule has 0 radical (unpaired) electrons. The highest BCUT2D eigenvalue weighted by Gasteiger charge is 2.28. The van der Waals surface area contributed by atoms with E-state index in [-0.39, 0.29) is 35.1 Å². The third-order valence-electron chi connectivity index (χ3n) is 4.05. The van der Waals surface area contributed by atoms with Gasteiger partial charge in [0.15, 0.2) is 11.8 Å². The number of oxime groups is 1. The zero-order chi connectivity index (χ0) is 20.1. The number of anilines is 1. The summed E-state index contributed by atoms with van der Waals surface area (Å²) in [5.41, 5.74) is 0.600. The van der Waals surface area contributed by atoms with Crippen LogP contribution in [0.4, 0.5) is 5.69 Å². The monoisotopic (exact) mass is 422 g/mol. The molecule has 1 atom stereocenters. The fourth-order valence-corrected chi connectivity index (χ4v) is 4.41. The van der Waals surface area contributed by atoms with Gasteiger partial charge in [0.25, 0.3) is 0 Å². The average molecular weight is 423 g/mol. The van der Waals surface area contributed by atoms with E-state index in [4.69, 9.17) is 21.2 Å². The second-order valence-corrected chi connectivity index (χ2v) is 8.38. The summed E-state index contributed by atoms with van der Waals surface area (Å²) < 4.78 is 30.9. The Bertz CT molecular complexity index is 993. The van der Waals surface area contributed by atoms with E-state index in [0.29, 0.717) is 10.7 Å². The maximum absolute atomic E-state index is 13.0. The Morgan fingerprint density at radius 1 is 1.29 bits per heavy atom.